The summed E-state index contributed by atoms with van der Waals surface area (Å²) in [6.07, 6.45) is 2.05. The minimum atomic E-state index is -3.68. The van der Waals surface area contributed by atoms with E-state index in [0.29, 0.717) is 12.8 Å². The Labute approximate surface area is 105 Å². The van der Waals surface area contributed by atoms with Gasteiger partial charge in [0.25, 0.3) is 0 Å². The van der Waals surface area contributed by atoms with Crippen molar-refractivity contribution < 1.29 is 28.2 Å². The Bertz CT molecular complexity index is 412. The Morgan fingerprint density at radius 3 is 2.22 bits per heavy atom. The second-order valence-corrected chi connectivity index (χ2v) is 6.38. The van der Waals surface area contributed by atoms with Gasteiger partial charge in [0.15, 0.2) is 0 Å². The Hall–Kier alpha value is -1.15. The molecule has 18 heavy (non-hydrogen) atoms. The van der Waals surface area contributed by atoms with Crippen LogP contribution in [0.4, 0.5) is 0 Å². The fraction of sp³-hybridized carbons (Fsp3) is 0.800. The van der Waals surface area contributed by atoms with Crippen LogP contribution in [0.3, 0.4) is 0 Å². The van der Waals surface area contributed by atoms with Gasteiger partial charge in [-0.1, -0.05) is 12.8 Å². The quantitative estimate of drug-likeness (QED) is 0.610. The maximum atomic E-state index is 11.9. The monoisotopic (exact) mass is 279 g/mol. The van der Waals surface area contributed by atoms with Crippen LogP contribution in [0.1, 0.15) is 38.5 Å². The van der Waals surface area contributed by atoms with Crippen molar-refractivity contribution in [1.82, 2.24) is 4.72 Å². The normalized spacial score (nSPS) is 18.7. The van der Waals surface area contributed by atoms with Crippen molar-refractivity contribution in [3.05, 3.63) is 0 Å². The van der Waals surface area contributed by atoms with Gasteiger partial charge in [-0.25, -0.2) is 13.1 Å². The molecule has 8 heteroatoms. The lowest BCUT2D eigenvalue weighted by molar-refractivity contribution is -0.140. The number of nitrogens with one attached hydrogen (secondary N) is 1. The molecule has 1 aliphatic carbocycles. The van der Waals surface area contributed by atoms with Crippen molar-refractivity contribution in [2.24, 2.45) is 0 Å². The molecule has 0 spiro atoms. The molecule has 7 nitrogen and oxygen atoms in total. The van der Waals surface area contributed by atoms with Gasteiger partial charge in [-0.2, -0.15) is 0 Å². The van der Waals surface area contributed by atoms with Crippen molar-refractivity contribution in [2.75, 3.05) is 0 Å². The Balaban J connectivity index is 2.64. The molecule has 0 heterocycles. The van der Waals surface area contributed by atoms with Gasteiger partial charge < -0.3 is 10.2 Å². The molecule has 0 aromatic heterocycles. The molecule has 1 fully saturated rings. The number of hydrogen-bond donors (Lipinski definition) is 3. The van der Waals surface area contributed by atoms with Crippen molar-refractivity contribution in [1.29, 1.82) is 0 Å². The van der Waals surface area contributed by atoms with Gasteiger partial charge in [0.2, 0.25) is 10.0 Å². The summed E-state index contributed by atoms with van der Waals surface area (Å²) in [4.78, 5) is 21.3. The Morgan fingerprint density at radius 1 is 1.22 bits per heavy atom. The average Bonchev–Trinajstić information content (AvgIpc) is 2.77. The maximum Gasteiger partial charge on any atom is 0.321 e. The smallest absolute Gasteiger partial charge is 0.321 e. The van der Waals surface area contributed by atoms with Gasteiger partial charge >= 0.3 is 11.9 Å². The summed E-state index contributed by atoms with van der Waals surface area (Å²) in [5.41, 5.74) is 0. The maximum absolute atomic E-state index is 11.9. The van der Waals surface area contributed by atoms with E-state index in [0.717, 1.165) is 12.8 Å². The van der Waals surface area contributed by atoms with E-state index in [1.54, 1.807) is 0 Å². The first-order valence-electron chi connectivity index (χ1n) is 5.78. The molecular weight excluding hydrogens is 262 g/mol. The highest BCUT2D eigenvalue weighted by atomic mass is 32.2. The van der Waals surface area contributed by atoms with Crippen LogP contribution in [0.25, 0.3) is 0 Å². The highest BCUT2D eigenvalue weighted by molar-refractivity contribution is 7.90. The second-order valence-electron chi connectivity index (χ2n) is 4.39. The second kappa shape index (κ2) is 6.14. The summed E-state index contributed by atoms with van der Waals surface area (Å²) in [6, 6.07) is -1.37. The van der Waals surface area contributed by atoms with Crippen LogP contribution in [0.15, 0.2) is 0 Å². The molecule has 104 valence electrons. The summed E-state index contributed by atoms with van der Waals surface area (Å²) in [6.45, 7) is 0. The van der Waals surface area contributed by atoms with Crippen molar-refractivity contribution >= 4 is 22.0 Å². The third-order valence-electron chi connectivity index (χ3n) is 2.99. The number of hydrogen-bond acceptors (Lipinski definition) is 4. The molecule has 1 atom stereocenters. The third kappa shape index (κ3) is 4.26. The van der Waals surface area contributed by atoms with E-state index >= 15 is 0 Å². The summed E-state index contributed by atoms with van der Waals surface area (Å²) < 4.78 is 25.8. The molecule has 0 aromatic rings. The highest BCUT2D eigenvalue weighted by Crippen LogP contribution is 2.24. The van der Waals surface area contributed by atoms with E-state index in [4.69, 9.17) is 10.2 Å². The lowest BCUT2D eigenvalue weighted by Crippen LogP contribution is -2.44. The van der Waals surface area contributed by atoms with Gasteiger partial charge in [0, 0.05) is 6.42 Å². The number of aliphatic carboxylic acids is 2. The average molecular weight is 279 g/mol. The summed E-state index contributed by atoms with van der Waals surface area (Å²) in [7, 11) is -3.68. The first-order chi connectivity index (χ1) is 8.33. The Kier molecular flexibility index (Phi) is 5.09. The van der Waals surface area contributed by atoms with Gasteiger partial charge in [-0.3, -0.25) is 9.59 Å². The van der Waals surface area contributed by atoms with E-state index in [2.05, 4.69) is 4.72 Å². The SMILES string of the molecule is O=C(O)CC[C@H](NS(=O)(=O)C1CCCC1)C(=O)O. The molecule has 0 bridgehead atoms. The predicted molar refractivity (Wildman–Crippen MR) is 62.6 cm³/mol. The Morgan fingerprint density at radius 2 is 1.78 bits per heavy atom. The van der Waals surface area contributed by atoms with Gasteiger partial charge in [0.1, 0.15) is 6.04 Å². The van der Waals surface area contributed by atoms with Crippen LogP contribution in [0, 0.1) is 0 Å². The third-order valence-corrected chi connectivity index (χ3v) is 4.95. The molecule has 0 amide bonds. The number of carboxylic acids is 2. The molecule has 0 radical (unpaired) electrons. The van der Waals surface area contributed by atoms with E-state index in [-0.39, 0.29) is 12.8 Å². The highest BCUT2D eigenvalue weighted by Gasteiger charge is 2.32. The zero-order chi connectivity index (χ0) is 13.8. The first kappa shape index (κ1) is 14.9. The van der Waals surface area contributed by atoms with Gasteiger partial charge in [-0.05, 0) is 19.3 Å². The minimum Gasteiger partial charge on any atom is -0.481 e. The first-order valence-corrected chi connectivity index (χ1v) is 7.33. The topological polar surface area (TPSA) is 121 Å². The van der Waals surface area contributed by atoms with E-state index in [1.165, 1.54) is 0 Å². The van der Waals surface area contributed by atoms with Crippen LogP contribution in [-0.4, -0.2) is 41.9 Å². The van der Waals surface area contributed by atoms with E-state index in [1.807, 2.05) is 0 Å². The standard InChI is InChI=1S/C10H17NO6S/c12-9(13)6-5-8(10(14)15)11-18(16,17)7-3-1-2-4-7/h7-8,11H,1-6H2,(H,12,13)(H,14,15)/t8-/m0/s1. The number of sulfonamides is 1. The molecule has 0 unspecified atom stereocenters. The summed E-state index contributed by atoms with van der Waals surface area (Å²) >= 11 is 0. The molecule has 1 aliphatic rings. The van der Waals surface area contributed by atoms with E-state index < -0.39 is 33.3 Å². The molecule has 0 aromatic carbocycles. The van der Waals surface area contributed by atoms with E-state index in [9.17, 15) is 18.0 Å². The van der Waals surface area contributed by atoms with Crippen LogP contribution in [-0.2, 0) is 19.6 Å². The van der Waals surface area contributed by atoms with Crippen LogP contribution in [0.2, 0.25) is 0 Å². The predicted octanol–water partition coefficient (Wildman–Crippen LogP) is 0.166. The molecule has 3 N–H and O–H groups in total. The lowest BCUT2D eigenvalue weighted by Gasteiger charge is -2.17. The fourth-order valence-electron chi connectivity index (χ4n) is 1.99. The van der Waals surface area contributed by atoms with Gasteiger partial charge in [-0.15, -0.1) is 0 Å². The van der Waals surface area contributed by atoms with Crippen molar-refractivity contribution in [3.8, 4) is 0 Å². The molecular formula is C10H17NO6S. The molecule has 1 saturated carbocycles. The minimum absolute atomic E-state index is 0.253. The molecule has 0 aliphatic heterocycles. The number of rotatable bonds is 7. The van der Waals surface area contributed by atoms with Crippen LogP contribution in [0.5, 0.6) is 0 Å². The van der Waals surface area contributed by atoms with Crippen molar-refractivity contribution in [3.63, 3.8) is 0 Å². The van der Waals surface area contributed by atoms with Crippen molar-refractivity contribution in [2.45, 2.75) is 49.8 Å². The fourth-order valence-corrected chi connectivity index (χ4v) is 3.76. The zero-order valence-electron chi connectivity index (χ0n) is 9.83. The van der Waals surface area contributed by atoms with Gasteiger partial charge in [0.05, 0.1) is 5.25 Å². The number of carbonyl (C=O) groups is 2. The number of carboxylic acid groups (broad SMARTS) is 2. The summed E-state index contributed by atoms with van der Waals surface area (Å²) in [5.74, 6) is -2.50. The lowest BCUT2D eigenvalue weighted by atomic mass is 10.2. The van der Waals surface area contributed by atoms with Crippen LogP contribution < -0.4 is 4.72 Å². The zero-order valence-corrected chi connectivity index (χ0v) is 10.6. The summed E-state index contributed by atoms with van der Waals surface area (Å²) in [5, 5.41) is 16.8. The van der Waals surface area contributed by atoms with Crippen LogP contribution >= 0.6 is 0 Å². The largest absolute Gasteiger partial charge is 0.481 e. The molecule has 1 rings (SSSR count). The molecule has 0 saturated heterocycles.